The van der Waals surface area contributed by atoms with Gasteiger partial charge in [0.2, 0.25) is 0 Å². The summed E-state index contributed by atoms with van der Waals surface area (Å²) in [4.78, 5) is 15.9. The van der Waals surface area contributed by atoms with E-state index in [4.69, 9.17) is 37.4 Å². The third-order valence-corrected chi connectivity index (χ3v) is 7.72. The van der Waals surface area contributed by atoms with Gasteiger partial charge in [-0.05, 0) is 83.9 Å². The van der Waals surface area contributed by atoms with Crippen LogP contribution in [0, 0.1) is 0 Å². The van der Waals surface area contributed by atoms with Crippen LogP contribution in [0.15, 0.2) is 108 Å². The number of carbonyl (C=O) groups excluding carboxylic acids is 1. The van der Waals surface area contributed by atoms with Crippen LogP contribution in [0.25, 0.3) is 0 Å². The first-order chi connectivity index (χ1) is 19.9. The highest BCUT2D eigenvalue weighted by molar-refractivity contribution is 6.30. The van der Waals surface area contributed by atoms with E-state index in [1.54, 1.807) is 14.2 Å². The average molecular weight is 590 g/mol. The maximum absolute atomic E-state index is 13.7. The van der Waals surface area contributed by atoms with Gasteiger partial charge in [0.15, 0.2) is 0 Å². The van der Waals surface area contributed by atoms with Gasteiger partial charge in [-0.1, -0.05) is 47.5 Å². The minimum atomic E-state index is -0.509. The Morgan fingerprint density at radius 1 is 0.732 bits per heavy atom. The monoisotopic (exact) mass is 588 g/mol. The largest absolute Gasteiger partial charge is 0.497 e. The van der Waals surface area contributed by atoms with Crippen LogP contribution in [0.5, 0.6) is 11.5 Å². The standard InChI is InChI=1S/C33H30Cl2N2O4/c1-39-27-16-4-21(5-17-27)30-20-29(36-25-12-8-23(34)9-13-25)31(33(38)41-3)32(22-6-18-28(40-2)19-7-22)37(30)26-14-10-24(35)11-15-26/h4-19,30,32,36H,20H2,1-3H3. The fourth-order valence-corrected chi connectivity index (χ4v) is 5.47. The molecule has 210 valence electrons. The van der Waals surface area contributed by atoms with Crippen molar-refractivity contribution in [2.45, 2.75) is 18.5 Å². The number of methoxy groups -OCH3 is 3. The maximum atomic E-state index is 13.7. The smallest absolute Gasteiger partial charge is 0.337 e. The van der Waals surface area contributed by atoms with Crippen LogP contribution in [0.4, 0.5) is 11.4 Å². The lowest BCUT2D eigenvalue weighted by atomic mass is 9.84. The Balaban J connectivity index is 1.76. The van der Waals surface area contributed by atoms with E-state index in [1.165, 1.54) is 7.11 Å². The zero-order valence-corrected chi connectivity index (χ0v) is 24.4. The van der Waals surface area contributed by atoms with E-state index in [1.807, 2.05) is 84.9 Å². The van der Waals surface area contributed by atoms with Gasteiger partial charge in [0, 0.05) is 33.5 Å². The van der Waals surface area contributed by atoms with E-state index in [0.717, 1.165) is 39.7 Å². The van der Waals surface area contributed by atoms with Gasteiger partial charge in [-0.3, -0.25) is 0 Å². The number of ether oxygens (including phenoxy) is 3. The van der Waals surface area contributed by atoms with E-state index in [-0.39, 0.29) is 6.04 Å². The molecule has 41 heavy (non-hydrogen) atoms. The highest BCUT2D eigenvalue weighted by atomic mass is 35.5. The molecule has 4 aromatic rings. The number of hydrogen-bond acceptors (Lipinski definition) is 6. The van der Waals surface area contributed by atoms with Gasteiger partial charge in [-0.15, -0.1) is 0 Å². The molecule has 1 aliphatic rings. The van der Waals surface area contributed by atoms with Gasteiger partial charge in [-0.2, -0.15) is 0 Å². The topological polar surface area (TPSA) is 60.0 Å². The number of nitrogens with zero attached hydrogens (tertiary/aromatic N) is 1. The molecule has 4 aromatic carbocycles. The minimum Gasteiger partial charge on any atom is -0.497 e. The van der Waals surface area contributed by atoms with Crippen molar-refractivity contribution in [2.24, 2.45) is 0 Å². The van der Waals surface area contributed by atoms with Crippen LogP contribution in [0.3, 0.4) is 0 Å². The molecule has 2 atom stereocenters. The number of benzene rings is 4. The van der Waals surface area contributed by atoms with Crippen molar-refractivity contribution in [2.75, 3.05) is 31.5 Å². The van der Waals surface area contributed by atoms with Gasteiger partial charge in [0.25, 0.3) is 0 Å². The number of carbonyl (C=O) groups is 1. The molecule has 1 heterocycles. The van der Waals surface area contributed by atoms with Crippen molar-refractivity contribution in [1.82, 2.24) is 0 Å². The van der Waals surface area contributed by atoms with E-state index < -0.39 is 12.0 Å². The lowest BCUT2D eigenvalue weighted by molar-refractivity contribution is -0.136. The molecule has 1 N–H and O–H groups in total. The summed E-state index contributed by atoms with van der Waals surface area (Å²) in [6.45, 7) is 0. The Labute approximate surface area is 250 Å². The number of hydrogen-bond donors (Lipinski definition) is 1. The number of nitrogens with one attached hydrogen (secondary N) is 1. The quantitative estimate of drug-likeness (QED) is 0.209. The Kier molecular flexibility index (Phi) is 8.72. The first kappa shape index (κ1) is 28.4. The summed E-state index contributed by atoms with van der Waals surface area (Å²) in [7, 11) is 4.68. The van der Waals surface area contributed by atoms with Crippen LogP contribution < -0.4 is 19.7 Å². The number of halogens is 2. The summed E-state index contributed by atoms with van der Waals surface area (Å²) >= 11 is 12.5. The molecule has 0 aliphatic carbocycles. The second kappa shape index (κ2) is 12.6. The minimum absolute atomic E-state index is 0.169. The second-order valence-electron chi connectivity index (χ2n) is 9.57. The summed E-state index contributed by atoms with van der Waals surface area (Å²) in [6.07, 6.45) is 0.495. The first-order valence-corrected chi connectivity index (χ1v) is 13.8. The second-order valence-corrected chi connectivity index (χ2v) is 10.4. The zero-order chi connectivity index (χ0) is 28.9. The number of esters is 1. The lowest BCUT2D eigenvalue weighted by Gasteiger charge is -2.46. The Bertz CT molecular complexity index is 1520. The zero-order valence-electron chi connectivity index (χ0n) is 22.9. The van der Waals surface area contributed by atoms with Gasteiger partial charge >= 0.3 is 5.97 Å². The molecule has 0 saturated heterocycles. The molecule has 0 aromatic heterocycles. The number of rotatable bonds is 8. The molecule has 0 radical (unpaired) electrons. The normalized spacial score (nSPS) is 16.8. The SMILES string of the molecule is COC(=O)C1=C(Nc2ccc(Cl)cc2)CC(c2ccc(OC)cc2)N(c2ccc(Cl)cc2)C1c1ccc(OC)cc1. The van der Waals surface area contributed by atoms with Crippen molar-refractivity contribution < 1.29 is 19.0 Å². The third-order valence-electron chi connectivity index (χ3n) is 7.21. The molecular weight excluding hydrogens is 559 g/mol. The maximum Gasteiger partial charge on any atom is 0.337 e. The molecule has 0 bridgehead atoms. The van der Waals surface area contributed by atoms with Crippen molar-refractivity contribution >= 4 is 40.5 Å². The molecule has 0 fully saturated rings. The Morgan fingerprint density at radius 3 is 1.76 bits per heavy atom. The van der Waals surface area contributed by atoms with Gasteiger partial charge in [0.05, 0.1) is 39.0 Å². The first-order valence-electron chi connectivity index (χ1n) is 13.1. The van der Waals surface area contributed by atoms with E-state index in [2.05, 4.69) is 22.3 Å². The average Bonchev–Trinajstić information content (AvgIpc) is 3.02. The number of anilines is 2. The summed E-state index contributed by atoms with van der Waals surface area (Å²) in [5, 5.41) is 4.78. The van der Waals surface area contributed by atoms with E-state index >= 15 is 0 Å². The fourth-order valence-electron chi connectivity index (χ4n) is 5.22. The van der Waals surface area contributed by atoms with Crippen LogP contribution in [-0.2, 0) is 9.53 Å². The molecule has 8 heteroatoms. The van der Waals surface area contributed by atoms with Crippen LogP contribution in [0.1, 0.15) is 29.6 Å². The predicted molar refractivity (Wildman–Crippen MR) is 164 cm³/mol. The van der Waals surface area contributed by atoms with Crippen molar-refractivity contribution in [3.05, 3.63) is 130 Å². The fraction of sp³-hybridized carbons (Fsp3) is 0.182. The third kappa shape index (κ3) is 6.14. The summed E-state index contributed by atoms with van der Waals surface area (Å²) in [6, 6.07) is 30.1. The van der Waals surface area contributed by atoms with Crippen molar-refractivity contribution in [3.8, 4) is 11.5 Å². The van der Waals surface area contributed by atoms with Crippen molar-refractivity contribution in [1.29, 1.82) is 0 Å². The van der Waals surface area contributed by atoms with Crippen LogP contribution >= 0.6 is 23.2 Å². The van der Waals surface area contributed by atoms with Gasteiger partial charge in [-0.25, -0.2) is 4.79 Å². The predicted octanol–water partition coefficient (Wildman–Crippen LogP) is 8.24. The Hall–Kier alpha value is -4.13. The highest BCUT2D eigenvalue weighted by Crippen LogP contribution is 2.48. The molecule has 1 aliphatic heterocycles. The van der Waals surface area contributed by atoms with Crippen LogP contribution in [0.2, 0.25) is 10.0 Å². The highest BCUT2D eigenvalue weighted by Gasteiger charge is 2.41. The molecule has 0 amide bonds. The molecular formula is C33H30Cl2N2O4. The molecule has 0 spiro atoms. The summed E-state index contributed by atoms with van der Waals surface area (Å²) in [5.41, 5.74) is 4.93. The summed E-state index contributed by atoms with van der Waals surface area (Å²) < 4.78 is 16.3. The molecule has 2 unspecified atom stereocenters. The lowest BCUT2D eigenvalue weighted by Crippen LogP contribution is -2.41. The van der Waals surface area contributed by atoms with Gasteiger partial charge in [0.1, 0.15) is 11.5 Å². The van der Waals surface area contributed by atoms with E-state index in [9.17, 15) is 4.79 Å². The molecule has 6 nitrogen and oxygen atoms in total. The molecule has 0 saturated carbocycles. The van der Waals surface area contributed by atoms with Crippen LogP contribution in [-0.4, -0.2) is 27.3 Å². The summed E-state index contributed by atoms with van der Waals surface area (Å²) in [5.74, 6) is 1.06. The van der Waals surface area contributed by atoms with Gasteiger partial charge < -0.3 is 24.4 Å². The van der Waals surface area contributed by atoms with E-state index in [0.29, 0.717) is 22.0 Å². The Morgan fingerprint density at radius 2 is 1.24 bits per heavy atom. The molecule has 5 rings (SSSR count). The van der Waals surface area contributed by atoms with Crippen molar-refractivity contribution in [3.63, 3.8) is 0 Å².